The Morgan fingerprint density at radius 2 is 1.76 bits per heavy atom. The fourth-order valence-electron chi connectivity index (χ4n) is 2.02. The number of alkyl halides is 3. The summed E-state index contributed by atoms with van der Waals surface area (Å²) in [5, 5.41) is 0. The van der Waals surface area contributed by atoms with E-state index < -0.39 is 23.6 Å². The van der Waals surface area contributed by atoms with Crippen LogP contribution in [-0.4, -0.2) is 7.11 Å². The Morgan fingerprint density at radius 3 is 2.38 bits per heavy atom. The van der Waals surface area contributed by atoms with E-state index in [9.17, 15) is 17.6 Å². The zero-order chi connectivity index (χ0) is 15.6. The summed E-state index contributed by atoms with van der Waals surface area (Å²) in [4.78, 5) is 0. The predicted octanol–water partition coefficient (Wildman–Crippen LogP) is 3.90. The van der Waals surface area contributed by atoms with E-state index in [2.05, 4.69) is 0 Å². The van der Waals surface area contributed by atoms with Gasteiger partial charge in [0.05, 0.1) is 18.7 Å². The average molecular weight is 299 g/mol. The monoisotopic (exact) mass is 299 g/mol. The van der Waals surface area contributed by atoms with Crippen molar-refractivity contribution in [3.05, 3.63) is 65.0 Å². The van der Waals surface area contributed by atoms with Crippen LogP contribution in [-0.2, 0) is 6.18 Å². The molecule has 2 nitrogen and oxygen atoms in total. The largest absolute Gasteiger partial charge is 0.497 e. The molecule has 2 N–H and O–H groups in total. The molecule has 2 aromatic rings. The van der Waals surface area contributed by atoms with Crippen LogP contribution in [0.3, 0.4) is 0 Å². The predicted molar refractivity (Wildman–Crippen MR) is 70.4 cm³/mol. The molecular formula is C15H13F4NO. The Morgan fingerprint density at radius 1 is 1.10 bits per heavy atom. The van der Waals surface area contributed by atoms with Gasteiger partial charge in [0.15, 0.2) is 0 Å². The first-order valence-corrected chi connectivity index (χ1v) is 6.09. The molecule has 0 spiro atoms. The van der Waals surface area contributed by atoms with Gasteiger partial charge in [-0.1, -0.05) is 24.3 Å². The lowest BCUT2D eigenvalue weighted by Crippen LogP contribution is -2.17. The van der Waals surface area contributed by atoms with E-state index in [1.165, 1.54) is 13.2 Å². The van der Waals surface area contributed by atoms with E-state index in [1.54, 1.807) is 24.3 Å². The van der Waals surface area contributed by atoms with Gasteiger partial charge in [0.25, 0.3) is 0 Å². The van der Waals surface area contributed by atoms with Crippen LogP contribution in [0.15, 0.2) is 42.5 Å². The molecule has 6 heteroatoms. The molecule has 0 saturated carbocycles. The fourth-order valence-corrected chi connectivity index (χ4v) is 2.02. The zero-order valence-corrected chi connectivity index (χ0v) is 11.1. The van der Waals surface area contributed by atoms with Crippen molar-refractivity contribution in [3.63, 3.8) is 0 Å². The van der Waals surface area contributed by atoms with Crippen molar-refractivity contribution in [2.24, 2.45) is 5.73 Å². The number of halogens is 4. The third kappa shape index (κ3) is 3.16. The maximum absolute atomic E-state index is 14.1. The third-order valence-electron chi connectivity index (χ3n) is 3.12. The van der Waals surface area contributed by atoms with Crippen LogP contribution >= 0.6 is 0 Å². The summed E-state index contributed by atoms with van der Waals surface area (Å²) in [7, 11) is 1.45. The lowest BCUT2D eigenvalue weighted by molar-refractivity contribution is -0.140. The molecule has 112 valence electrons. The highest BCUT2D eigenvalue weighted by atomic mass is 19.4. The minimum absolute atomic E-state index is 0.210. The number of rotatable bonds is 3. The van der Waals surface area contributed by atoms with Crippen molar-refractivity contribution in [1.82, 2.24) is 0 Å². The highest BCUT2D eigenvalue weighted by Gasteiger charge is 2.35. The van der Waals surface area contributed by atoms with Gasteiger partial charge < -0.3 is 10.5 Å². The Balaban J connectivity index is 2.46. The van der Waals surface area contributed by atoms with Gasteiger partial charge in [-0.2, -0.15) is 13.2 Å². The first-order valence-electron chi connectivity index (χ1n) is 6.09. The average Bonchev–Trinajstić information content (AvgIpc) is 2.45. The molecule has 2 aromatic carbocycles. The normalized spacial score (nSPS) is 13.0. The Labute approximate surface area is 119 Å². The van der Waals surface area contributed by atoms with Gasteiger partial charge in [-0.15, -0.1) is 0 Å². The van der Waals surface area contributed by atoms with E-state index in [0.717, 1.165) is 6.07 Å². The molecule has 0 radical (unpaired) electrons. The number of ether oxygens (including phenoxy) is 1. The number of nitrogens with two attached hydrogens (primary N) is 1. The molecule has 0 aromatic heterocycles. The molecule has 0 amide bonds. The summed E-state index contributed by atoms with van der Waals surface area (Å²) in [6.45, 7) is 0. The van der Waals surface area contributed by atoms with E-state index in [4.69, 9.17) is 10.5 Å². The Bertz CT molecular complexity index is 640. The van der Waals surface area contributed by atoms with Crippen LogP contribution in [0.25, 0.3) is 0 Å². The van der Waals surface area contributed by atoms with Gasteiger partial charge in [0.2, 0.25) is 0 Å². The number of methoxy groups -OCH3 is 1. The maximum atomic E-state index is 14.1. The topological polar surface area (TPSA) is 35.2 Å². The molecule has 0 aliphatic heterocycles. The van der Waals surface area contributed by atoms with E-state index >= 15 is 0 Å². The number of hydrogen-bond acceptors (Lipinski definition) is 2. The second-order valence-corrected chi connectivity index (χ2v) is 4.46. The molecule has 21 heavy (non-hydrogen) atoms. The van der Waals surface area contributed by atoms with Crippen LogP contribution in [0.5, 0.6) is 5.75 Å². The SMILES string of the molecule is COc1cccc(C(N)c2cccc(C(F)(F)F)c2F)c1. The van der Waals surface area contributed by atoms with Crippen molar-refractivity contribution >= 4 is 0 Å². The van der Waals surface area contributed by atoms with Crippen molar-refractivity contribution < 1.29 is 22.3 Å². The maximum Gasteiger partial charge on any atom is 0.419 e. The summed E-state index contributed by atoms with van der Waals surface area (Å²) in [6.07, 6.45) is -4.76. The Kier molecular flexibility index (Phi) is 4.18. The van der Waals surface area contributed by atoms with Crippen molar-refractivity contribution in [3.8, 4) is 5.75 Å². The standard InChI is InChI=1S/C15H13F4NO/c1-21-10-5-2-4-9(8-10)14(20)11-6-3-7-12(13(11)16)15(17,18)19/h2-8,14H,20H2,1H3. The first kappa shape index (κ1) is 15.3. The van der Waals surface area contributed by atoms with Crippen LogP contribution in [0.2, 0.25) is 0 Å². The molecule has 1 atom stereocenters. The fraction of sp³-hybridized carbons (Fsp3) is 0.200. The second kappa shape index (κ2) is 5.73. The van der Waals surface area contributed by atoms with Gasteiger partial charge in [-0.05, 0) is 23.8 Å². The number of hydrogen-bond donors (Lipinski definition) is 1. The summed E-state index contributed by atoms with van der Waals surface area (Å²) in [6, 6.07) is 8.53. The molecule has 0 bridgehead atoms. The van der Waals surface area contributed by atoms with E-state index in [1.807, 2.05) is 0 Å². The molecule has 0 aliphatic carbocycles. The molecular weight excluding hydrogens is 286 g/mol. The minimum Gasteiger partial charge on any atom is -0.497 e. The summed E-state index contributed by atoms with van der Waals surface area (Å²) in [5.74, 6) is -0.851. The molecule has 2 rings (SSSR count). The van der Waals surface area contributed by atoms with Crippen molar-refractivity contribution in [2.75, 3.05) is 7.11 Å². The smallest absolute Gasteiger partial charge is 0.419 e. The van der Waals surface area contributed by atoms with Crippen LogP contribution in [0.4, 0.5) is 17.6 Å². The molecule has 0 fully saturated rings. The Hall–Kier alpha value is -2.08. The van der Waals surface area contributed by atoms with Gasteiger partial charge in [0.1, 0.15) is 11.6 Å². The quantitative estimate of drug-likeness (QED) is 0.872. The first-order chi connectivity index (χ1) is 9.84. The minimum atomic E-state index is -4.76. The molecule has 0 aliphatic rings. The van der Waals surface area contributed by atoms with Gasteiger partial charge >= 0.3 is 6.18 Å². The van der Waals surface area contributed by atoms with Gasteiger partial charge in [-0.3, -0.25) is 0 Å². The summed E-state index contributed by atoms with van der Waals surface area (Å²) < 4.78 is 57.2. The molecule has 1 unspecified atom stereocenters. The second-order valence-electron chi connectivity index (χ2n) is 4.46. The van der Waals surface area contributed by atoms with Gasteiger partial charge in [0, 0.05) is 5.56 Å². The summed E-state index contributed by atoms with van der Waals surface area (Å²) in [5.41, 5.74) is 4.82. The molecule has 0 heterocycles. The lowest BCUT2D eigenvalue weighted by atomic mass is 9.97. The van der Waals surface area contributed by atoms with Crippen molar-refractivity contribution in [1.29, 1.82) is 0 Å². The van der Waals surface area contributed by atoms with Crippen LogP contribution in [0.1, 0.15) is 22.7 Å². The van der Waals surface area contributed by atoms with Crippen molar-refractivity contribution in [2.45, 2.75) is 12.2 Å². The van der Waals surface area contributed by atoms with E-state index in [0.29, 0.717) is 17.4 Å². The lowest BCUT2D eigenvalue weighted by Gasteiger charge is -2.17. The zero-order valence-electron chi connectivity index (χ0n) is 11.1. The highest BCUT2D eigenvalue weighted by molar-refractivity contribution is 5.39. The van der Waals surface area contributed by atoms with Crippen LogP contribution in [0, 0.1) is 5.82 Å². The number of benzene rings is 2. The molecule has 0 saturated heterocycles. The van der Waals surface area contributed by atoms with E-state index in [-0.39, 0.29) is 5.56 Å². The van der Waals surface area contributed by atoms with Crippen LogP contribution < -0.4 is 10.5 Å². The van der Waals surface area contributed by atoms with Gasteiger partial charge in [-0.25, -0.2) is 4.39 Å². The highest BCUT2D eigenvalue weighted by Crippen LogP contribution is 2.35. The third-order valence-corrected chi connectivity index (χ3v) is 3.12. The summed E-state index contributed by atoms with van der Waals surface area (Å²) >= 11 is 0.